The lowest BCUT2D eigenvalue weighted by molar-refractivity contribution is 0.0210. The molecular weight excluding hydrogens is 230 g/mol. The standard InChI is InChI=1S/C11H12ClNO3/c1-15-11(14)9-4-7(12)2-3-10(9)13-8-5-16-6-8/h2-4,8,13H,5-6H2,1H3. The fourth-order valence-electron chi connectivity index (χ4n) is 1.46. The second-order valence-corrected chi connectivity index (χ2v) is 4.00. The van der Waals surface area contributed by atoms with Crippen LogP contribution in [0.15, 0.2) is 18.2 Å². The highest BCUT2D eigenvalue weighted by Gasteiger charge is 2.21. The molecule has 0 radical (unpaired) electrons. The minimum absolute atomic E-state index is 0.254. The van der Waals surface area contributed by atoms with E-state index in [-0.39, 0.29) is 6.04 Å². The number of anilines is 1. The molecule has 0 amide bonds. The van der Waals surface area contributed by atoms with Gasteiger partial charge in [0.25, 0.3) is 0 Å². The zero-order valence-corrected chi connectivity index (χ0v) is 9.58. The van der Waals surface area contributed by atoms with Crippen molar-refractivity contribution in [1.82, 2.24) is 0 Å². The molecule has 86 valence electrons. The third-order valence-electron chi connectivity index (χ3n) is 2.38. The van der Waals surface area contributed by atoms with Crippen molar-refractivity contribution in [2.75, 3.05) is 25.6 Å². The van der Waals surface area contributed by atoms with Gasteiger partial charge in [0.05, 0.1) is 31.9 Å². The summed E-state index contributed by atoms with van der Waals surface area (Å²) < 4.78 is 9.75. The average Bonchev–Trinajstić information content (AvgIpc) is 2.23. The maximum absolute atomic E-state index is 11.5. The van der Waals surface area contributed by atoms with Crippen LogP contribution in [0.25, 0.3) is 0 Å². The molecule has 0 bridgehead atoms. The molecule has 1 aromatic carbocycles. The number of esters is 1. The summed E-state index contributed by atoms with van der Waals surface area (Å²) in [4.78, 5) is 11.5. The summed E-state index contributed by atoms with van der Waals surface area (Å²) in [5.41, 5.74) is 1.17. The first kappa shape index (κ1) is 11.2. The van der Waals surface area contributed by atoms with E-state index in [0.29, 0.717) is 23.8 Å². The van der Waals surface area contributed by atoms with Crippen LogP contribution < -0.4 is 5.32 Å². The number of nitrogens with one attached hydrogen (secondary N) is 1. The van der Waals surface area contributed by atoms with Gasteiger partial charge in [0, 0.05) is 10.7 Å². The molecule has 2 rings (SSSR count). The molecule has 4 nitrogen and oxygen atoms in total. The summed E-state index contributed by atoms with van der Waals surface area (Å²) in [7, 11) is 1.35. The molecular formula is C11H12ClNO3. The third kappa shape index (κ3) is 2.28. The van der Waals surface area contributed by atoms with Crippen molar-refractivity contribution in [3.05, 3.63) is 28.8 Å². The Morgan fingerprint density at radius 3 is 2.88 bits per heavy atom. The molecule has 1 aliphatic heterocycles. The van der Waals surface area contributed by atoms with Gasteiger partial charge in [0.1, 0.15) is 0 Å². The van der Waals surface area contributed by atoms with E-state index in [1.54, 1.807) is 18.2 Å². The molecule has 5 heteroatoms. The maximum Gasteiger partial charge on any atom is 0.340 e. The van der Waals surface area contributed by atoms with E-state index in [0.717, 1.165) is 5.69 Å². The molecule has 0 spiro atoms. The van der Waals surface area contributed by atoms with Crippen LogP contribution >= 0.6 is 11.6 Å². The molecule has 0 saturated carbocycles. The quantitative estimate of drug-likeness (QED) is 0.822. The smallest absolute Gasteiger partial charge is 0.340 e. The SMILES string of the molecule is COC(=O)c1cc(Cl)ccc1NC1COC1. The number of rotatable bonds is 3. The number of carbonyl (C=O) groups is 1. The summed E-state index contributed by atoms with van der Waals surface area (Å²) in [6.45, 7) is 1.31. The summed E-state index contributed by atoms with van der Waals surface area (Å²) >= 11 is 5.84. The van der Waals surface area contributed by atoms with Crippen LogP contribution in [0, 0.1) is 0 Å². The molecule has 1 aromatic rings. The predicted molar refractivity (Wildman–Crippen MR) is 61.0 cm³/mol. The first-order valence-corrected chi connectivity index (χ1v) is 5.30. The Hall–Kier alpha value is -1.26. The van der Waals surface area contributed by atoms with Crippen LogP contribution in [0.3, 0.4) is 0 Å². The third-order valence-corrected chi connectivity index (χ3v) is 2.62. The zero-order valence-electron chi connectivity index (χ0n) is 8.83. The highest BCUT2D eigenvalue weighted by Crippen LogP contribution is 2.23. The highest BCUT2D eigenvalue weighted by molar-refractivity contribution is 6.31. The minimum Gasteiger partial charge on any atom is -0.465 e. The van der Waals surface area contributed by atoms with Gasteiger partial charge in [-0.15, -0.1) is 0 Å². The molecule has 0 atom stereocenters. The molecule has 0 aromatic heterocycles. The minimum atomic E-state index is -0.398. The fraction of sp³-hybridized carbons (Fsp3) is 0.364. The van der Waals surface area contributed by atoms with Gasteiger partial charge in [0.2, 0.25) is 0 Å². The van der Waals surface area contributed by atoms with Crippen molar-refractivity contribution in [2.24, 2.45) is 0 Å². The van der Waals surface area contributed by atoms with Gasteiger partial charge >= 0.3 is 5.97 Å². The molecule has 1 saturated heterocycles. The van der Waals surface area contributed by atoms with Crippen LogP contribution in [0.5, 0.6) is 0 Å². The second kappa shape index (κ2) is 4.72. The van der Waals surface area contributed by atoms with Gasteiger partial charge in [0.15, 0.2) is 0 Å². The van der Waals surface area contributed by atoms with E-state index in [1.165, 1.54) is 7.11 Å². The van der Waals surface area contributed by atoms with Crippen LogP contribution in [-0.2, 0) is 9.47 Å². The molecule has 1 heterocycles. The molecule has 0 aliphatic carbocycles. The van der Waals surface area contributed by atoms with Gasteiger partial charge in [-0.1, -0.05) is 11.6 Å². The van der Waals surface area contributed by atoms with Gasteiger partial charge < -0.3 is 14.8 Å². The molecule has 1 fully saturated rings. The topological polar surface area (TPSA) is 47.6 Å². The Morgan fingerprint density at radius 2 is 2.31 bits per heavy atom. The van der Waals surface area contributed by atoms with Crippen LogP contribution in [0.2, 0.25) is 5.02 Å². The number of hydrogen-bond acceptors (Lipinski definition) is 4. The van der Waals surface area contributed by atoms with Crippen molar-refractivity contribution in [3.8, 4) is 0 Å². The number of hydrogen-bond donors (Lipinski definition) is 1. The van der Waals surface area contributed by atoms with Gasteiger partial charge in [-0.25, -0.2) is 4.79 Å². The van der Waals surface area contributed by atoms with Crippen molar-refractivity contribution in [2.45, 2.75) is 6.04 Å². The van der Waals surface area contributed by atoms with Crippen LogP contribution in [0.1, 0.15) is 10.4 Å². The average molecular weight is 242 g/mol. The van der Waals surface area contributed by atoms with Crippen molar-refractivity contribution in [1.29, 1.82) is 0 Å². The molecule has 0 unspecified atom stereocenters. The van der Waals surface area contributed by atoms with Crippen molar-refractivity contribution in [3.63, 3.8) is 0 Å². The second-order valence-electron chi connectivity index (χ2n) is 3.56. The van der Waals surface area contributed by atoms with E-state index < -0.39 is 5.97 Å². The maximum atomic E-state index is 11.5. The lowest BCUT2D eigenvalue weighted by Gasteiger charge is -2.28. The Morgan fingerprint density at radius 1 is 1.56 bits per heavy atom. The van der Waals surface area contributed by atoms with E-state index in [2.05, 4.69) is 5.32 Å². The molecule has 1 N–H and O–H groups in total. The largest absolute Gasteiger partial charge is 0.465 e. The lowest BCUT2D eigenvalue weighted by Crippen LogP contribution is -2.40. The van der Waals surface area contributed by atoms with E-state index >= 15 is 0 Å². The first-order chi connectivity index (χ1) is 7.70. The highest BCUT2D eigenvalue weighted by atomic mass is 35.5. The van der Waals surface area contributed by atoms with E-state index in [4.69, 9.17) is 21.1 Å². The Kier molecular flexibility index (Phi) is 3.31. The predicted octanol–water partition coefficient (Wildman–Crippen LogP) is 1.94. The summed E-state index contributed by atoms with van der Waals surface area (Å²) in [5, 5.41) is 3.71. The summed E-state index contributed by atoms with van der Waals surface area (Å²) in [5.74, 6) is -0.398. The normalized spacial score (nSPS) is 15.4. The number of halogens is 1. The number of benzene rings is 1. The number of ether oxygens (including phenoxy) is 2. The summed E-state index contributed by atoms with van der Waals surface area (Å²) in [6.07, 6.45) is 0. The number of carbonyl (C=O) groups excluding carboxylic acids is 1. The van der Waals surface area contributed by atoms with Crippen LogP contribution in [0.4, 0.5) is 5.69 Å². The fourth-order valence-corrected chi connectivity index (χ4v) is 1.63. The Balaban J connectivity index is 2.23. The number of methoxy groups -OCH3 is 1. The van der Waals surface area contributed by atoms with Gasteiger partial charge in [-0.05, 0) is 18.2 Å². The Bertz CT molecular complexity index is 404. The van der Waals surface area contributed by atoms with Gasteiger partial charge in [-0.3, -0.25) is 0 Å². The van der Waals surface area contributed by atoms with E-state index in [1.807, 2.05) is 0 Å². The van der Waals surface area contributed by atoms with Crippen molar-refractivity contribution >= 4 is 23.3 Å². The van der Waals surface area contributed by atoms with Crippen LogP contribution in [-0.4, -0.2) is 32.3 Å². The van der Waals surface area contributed by atoms with E-state index in [9.17, 15) is 4.79 Å². The Labute approximate surface area is 98.5 Å². The first-order valence-electron chi connectivity index (χ1n) is 4.93. The van der Waals surface area contributed by atoms with Crippen molar-refractivity contribution < 1.29 is 14.3 Å². The molecule has 16 heavy (non-hydrogen) atoms. The zero-order chi connectivity index (χ0) is 11.5. The monoisotopic (exact) mass is 241 g/mol. The summed E-state index contributed by atoms with van der Waals surface area (Å²) in [6, 6.07) is 5.35. The van der Waals surface area contributed by atoms with Gasteiger partial charge in [-0.2, -0.15) is 0 Å². The lowest BCUT2D eigenvalue weighted by atomic mass is 10.1. The molecule has 1 aliphatic rings.